The van der Waals surface area contributed by atoms with Crippen molar-refractivity contribution in [3.05, 3.63) is 58.6 Å². The van der Waals surface area contributed by atoms with Gasteiger partial charge in [-0.15, -0.1) is 0 Å². The summed E-state index contributed by atoms with van der Waals surface area (Å²) in [7, 11) is -0.412. The fourth-order valence-electron chi connectivity index (χ4n) is 3.77. The van der Waals surface area contributed by atoms with E-state index in [0.29, 0.717) is 42.5 Å². The van der Waals surface area contributed by atoms with Gasteiger partial charge in [0, 0.05) is 56.5 Å². The number of nitrogens with zero attached hydrogens (tertiary/aromatic N) is 4. The maximum atomic E-state index is 13.0. The molecule has 10 heteroatoms. The minimum absolute atomic E-state index is 0.184. The monoisotopic (exact) mass is 492 g/mol. The van der Waals surface area contributed by atoms with Crippen molar-refractivity contribution in [2.24, 2.45) is 0 Å². The van der Waals surface area contributed by atoms with Crippen LogP contribution in [0.5, 0.6) is 0 Å². The molecule has 0 radical (unpaired) electrons. The van der Waals surface area contributed by atoms with E-state index in [1.807, 2.05) is 25.1 Å². The van der Waals surface area contributed by atoms with Crippen LogP contribution in [0.25, 0.3) is 0 Å². The van der Waals surface area contributed by atoms with Crippen LogP contribution in [-0.4, -0.2) is 83.1 Å². The molecule has 1 aliphatic heterocycles. The Morgan fingerprint density at radius 1 is 1.00 bits per heavy atom. The predicted molar refractivity (Wildman–Crippen MR) is 132 cm³/mol. The van der Waals surface area contributed by atoms with Gasteiger partial charge in [0.2, 0.25) is 15.9 Å². The Labute approximate surface area is 200 Å². The maximum Gasteiger partial charge on any atom is 0.253 e. The van der Waals surface area contributed by atoms with E-state index in [0.717, 1.165) is 21.8 Å². The van der Waals surface area contributed by atoms with Crippen molar-refractivity contribution in [2.45, 2.75) is 6.92 Å². The first-order valence-corrected chi connectivity index (χ1v) is 12.8. The van der Waals surface area contributed by atoms with Crippen molar-refractivity contribution in [3.63, 3.8) is 0 Å². The van der Waals surface area contributed by atoms with Crippen molar-refractivity contribution < 1.29 is 18.0 Å². The lowest BCUT2D eigenvalue weighted by Crippen LogP contribution is -2.52. The molecule has 0 atom stereocenters. The number of hydrogen-bond donors (Lipinski definition) is 0. The summed E-state index contributed by atoms with van der Waals surface area (Å²) < 4.78 is 26.0. The number of benzene rings is 2. The minimum atomic E-state index is -3.70. The zero-order valence-electron chi connectivity index (χ0n) is 19.3. The Bertz CT molecular complexity index is 1130. The molecule has 0 saturated carbocycles. The van der Waals surface area contributed by atoms with Gasteiger partial charge in [0.05, 0.1) is 11.9 Å². The zero-order chi connectivity index (χ0) is 24.3. The molecule has 0 bridgehead atoms. The molecule has 2 amide bonds. The molecule has 0 unspecified atom stereocenters. The smallest absolute Gasteiger partial charge is 0.253 e. The van der Waals surface area contributed by atoms with E-state index in [-0.39, 0.29) is 18.4 Å². The molecule has 3 rings (SSSR count). The first kappa shape index (κ1) is 24.9. The highest BCUT2D eigenvalue weighted by Gasteiger charge is 2.27. The molecule has 1 aliphatic rings. The van der Waals surface area contributed by atoms with Gasteiger partial charge in [0.15, 0.2) is 0 Å². The third-order valence-corrected chi connectivity index (χ3v) is 7.01. The lowest BCUT2D eigenvalue weighted by Gasteiger charge is -2.37. The molecule has 0 aliphatic carbocycles. The molecule has 33 heavy (non-hydrogen) atoms. The van der Waals surface area contributed by atoms with Gasteiger partial charge < -0.3 is 14.7 Å². The highest BCUT2D eigenvalue weighted by atomic mass is 35.5. The normalized spacial score (nSPS) is 14.2. The van der Waals surface area contributed by atoms with Crippen LogP contribution in [-0.2, 0) is 14.8 Å². The van der Waals surface area contributed by atoms with Gasteiger partial charge in [-0.05, 0) is 48.9 Å². The van der Waals surface area contributed by atoms with Gasteiger partial charge in [-0.3, -0.25) is 13.9 Å². The van der Waals surface area contributed by atoms with Crippen molar-refractivity contribution in [1.82, 2.24) is 9.80 Å². The highest BCUT2D eigenvalue weighted by molar-refractivity contribution is 7.92. The quantitative estimate of drug-likeness (QED) is 0.618. The number of aryl methyl sites for hydroxylation is 1. The largest absolute Gasteiger partial charge is 0.368 e. The number of carbonyl (C=O) groups excluding carboxylic acids is 2. The Kier molecular flexibility index (Phi) is 7.54. The molecular weight excluding hydrogens is 464 g/mol. The second-order valence-electron chi connectivity index (χ2n) is 8.31. The van der Waals surface area contributed by atoms with Gasteiger partial charge in [0.1, 0.15) is 6.54 Å². The number of carbonyl (C=O) groups is 2. The summed E-state index contributed by atoms with van der Waals surface area (Å²) in [6, 6.07) is 12.0. The van der Waals surface area contributed by atoms with Gasteiger partial charge in [-0.1, -0.05) is 17.7 Å². The molecule has 2 aromatic rings. The van der Waals surface area contributed by atoms with Gasteiger partial charge in [-0.2, -0.15) is 0 Å². The number of hydrogen-bond acceptors (Lipinski definition) is 5. The summed E-state index contributed by atoms with van der Waals surface area (Å²) in [5, 5.41) is 0.663. The molecule has 8 nitrogen and oxygen atoms in total. The molecular formula is C23H29ClN4O4S. The van der Waals surface area contributed by atoms with Crippen molar-refractivity contribution >= 4 is 44.8 Å². The molecule has 2 aromatic carbocycles. The van der Waals surface area contributed by atoms with Crippen LogP contribution in [0.2, 0.25) is 5.02 Å². The number of halogens is 1. The fraction of sp³-hybridized carbons (Fsp3) is 0.391. The molecule has 178 valence electrons. The summed E-state index contributed by atoms with van der Waals surface area (Å²) >= 11 is 6.14. The summed E-state index contributed by atoms with van der Waals surface area (Å²) in [4.78, 5) is 30.4. The average molecular weight is 493 g/mol. The van der Waals surface area contributed by atoms with Crippen molar-refractivity contribution in [3.8, 4) is 0 Å². The van der Waals surface area contributed by atoms with E-state index >= 15 is 0 Å². The summed E-state index contributed by atoms with van der Waals surface area (Å²) in [6.07, 6.45) is 1.07. The Hall–Kier alpha value is -2.78. The minimum Gasteiger partial charge on any atom is -0.368 e. The van der Waals surface area contributed by atoms with Crippen LogP contribution in [0.1, 0.15) is 15.9 Å². The first-order valence-electron chi connectivity index (χ1n) is 10.6. The molecule has 0 aromatic heterocycles. The summed E-state index contributed by atoms with van der Waals surface area (Å²) in [5.41, 5.74) is 2.93. The standard InChI is InChI=1S/C23H29ClN4O4S/c1-17-5-8-19(24)15-21(17)26-11-13-27(14-12-26)22(29)16-28(33(4,31)32)20-9-6-18(7-10-20)23(30)25(2)3/h5-10,15H,11-14,16H2,1-4H3. The summed E-state index contributed by atoms with van der Waals surface area (Å²) in [6.45, 7) is 3.96. The van der Waals surface area contributed by atoms with E-state index < -0.39 is 10.0 Å². The second-order valence-corrected chi connectivity index (χ2v) is 10.7. The van der Waals surface area contributed by atoms with Crippen molar-refractivity contribution in [2.75, 3.05) is 62.3 Å². The number of anilines is 2. The molecule has 1 fully saturated rings. The maximum absolute atomic E-state index is 13.0. The molecule has 1 saturated heterocycles. The fourth-order valence-corrected chi connectivity index (χ4v) is 4.79. The average Bonchev–Trinajstić information content (AvgIpc) is 2.78. The Morgan fingerprint density at radius 3 is 2.15 bits per heavy atom. The van der Waals surface area contributed by atoms with Crippen LogP contribution in [0.4, 0.5) is 11.4 Å². The third-order valence-electron chi connectivity index (χ3n) is 5.63. The van der Waals surface area contributed by atoms with Crippen LogP contribution >= 0.6 is 11.6 Å². The zero-order valence-corrected chi connectivity index (χ0v) is 20.9. The molecule has 0 N–H and O–H groups in total. The van der Waals surface area contributed by atoms with E-state index in [9.17, 15) is 18.0 Å². The van der Waals surface area contributed by atoms with Gasteiger partial charge in [0.25, 0.3) is 5.91 Å². The third kappa shape index (κ3) is 5.97. The number of sulfonamides is 1. The summed E-state index contributed by atoms with van der Waals surface area (Å²) in [5.74, 6) is -0.451. The number of rotatable bonds is 6. The van der Waals surface area contributed by atoms with E-state index in [2.05, 4.69) is 4.90 Å². The van der Waals surface area contributed by atoms with Gasteiger partial charge in [-0.25, -0.2) is 8.42 Å². The van der Waals surface area contributed by atoms with Crippen LogP contribution in [0.3, 0.4) is 0 Å². The van der Waals surface area contributed by atoms with Crippen molar-refractivity contribution in [1.29, 1.82) is 0 Å². The molecule has 1 heterocycles. The Morgan fingerprint density at radius 2 is 1.61 bits per heavy atom. The second kappa shape index (κ2) is 10.0. The van der Waals surface area contributed by atoms with E-state index in [1.54, 1.807) is 43.3 Å². The van der Waals surface area contributed by atoms with E-state index in [4.69, 9.17) is 11.6 Å². The molecule has 0 spiro atoms. The van der Waals surface area contributed by atoms with Crippen LogP contribution < -0.4 is 9.21 Å². The highest BCUT2D eigenvalue weighted by Crippen LogP contribution is 2.25. The van der Waals surface area contributed by atoms with Crippen LogP contribution in [0.15, 0.2) is 42.5 Å². The lowest BCUT2D eigenvalue weighted by molar-refractivity contribution is -0.129. The number of piperazine rings is 1. The first-order chi connectivity index (χ1) is 15.5. The predicted octanol–water partition coefficient (Wildman–Crippen LogP) is 2.47. The van der Waals surface area contributed by atoms with E-state index in [1.165, 1.54) is 4.90 Å². The van der Waals surface area contributed by atoms with Gasteiger partial charge >= 0.3 is 0 Å². The van der Waals surface area contributed by atoms with Crippen LogP contribution in [0, 0.1) is 6.92 Å². The Balaban J connectivity index is 1.69. The topological polar surface area (TPSA) is 81.2 Å². The SMILES string of the molecule is Cc1ccc(Cl)cc1N1CCN(C(=O)CN(c2ccc(C(=O)N(C)C)cc2)S(C)(=O)=O)CC1. The number of amides is 2. The lowest BCUT2D eigenvalue weighted by atomic mass is 10.1.